The standard InChI is InChI=1S/C21H19F9O2/c1-3-4-7-12(10-18(22,23)19(24,25)20(26,27)21(28,29)30)15-11(2)16(31)13-8-5-6-9-14(13)17(15)32/h5-6,8-9,12H,3-4,7,10H2,1-2H3. The highest BCUT2D eigenvalue weighted by atomic mass is 19.4. The largest absolute Gasteiger partial charge is 0.460 e. The molecule has 178 valence electrons. The molecule has 0 spiro atoms. The summed E-state index contributed by atoms with van der Waals surface area (Å²) >= 11 is 0. The second-order valence-corrected chi connectivity index (χ2v) is 7.64. The summed E-state index contributed by atoms with van der Waals surface area (Å²) < 4.78 is 120. The third kappa shape index (κ3) is 4.17. The van der Waals surface area contributed by atoms with Gasteiger partial charge in [0.1, 0.15) is 0 Å². The van der Waals surface area contributed by atoms with Gasteiger partial charge in [-0.2, -0.15) is 39.5 Å². The minimum atomic E-state index is -7.01. The fraction of sp³-hybridized carbons (Fsp3) is 0.524. The molecule has 0 bridgehead atoms. The highest BCUT2D eigenvalue weighted by Crippen LogP contribution is 2.55. The zero-order chi connectivity index (χ0) is 24.7. The second kappa shape index (κ2) is 8.55. The third-order valence-corrected chi connectivity index (χ3v) is 5.43. The predicted octanol–water partition coefficient (Wildman–Crippen LogP) is 7.05. The molecular formula is C21H19F9O2. The van der Waals surface area contributed by atoms with Gasteiger partial charge in [0, 0.05) is 28.7 Å². The van der Waals surface area contributed by atoms with Crippen molar-refractivity contribution in [2.24, 2.45) is 5.92 Å². The molecule has 0 N–H and O–H groups in total. The van der Waals surface area contributed by atoms with Crippen molar-refractivity contribution in [3.05, 3.63) is 46.5 Å². The molecule has 2 rings (SSSR count). The summed E-state index contributed by atoms with van der Waals surface area (Å²) in [5.74, 6) is -23.1. The smallest absolute Gasteiger partial charge is 0.289 e. The lowest BCUT2D eigenvalue weighted by Gasteiger charge is -2.36. The van der Waals surface area contributed by atoms with E-state index in [0.29, 0.717) is 6.42 Å². The van der Waals surface area contributed by atoms with Crippen LogP contribution in [0.15, 0.2) is 35.4 Å². The molecule has 1 aliphatic carbocycles. The quantitative estimate of drug-likeness (QED) is 0.379. The Kier molecular flexibility index (Phi) is 6.93. The fourth-order valence-electron chi connectivity index (χ4n) is 3.65. The monoisotopic (exact) mass is 474 g/mol. The van der Waals surface area contributed by atoms with Crippen LogP contribution in [-0.4, -0.2) is 35.5 Å². The van der Waals surface area contributed by atoms with E-state index in [1.165, 1.54) is 24.3 Å². The van der Waals surface area contributed by atoms with Crippen molar-refractivity contribution in [1.82, 2.24) is 0 Å². The lowest BCUT2D eigenvalue weighted by atomic mass is 9.75. The molecule has 0 aliphatic heterocycles. The number of carbonyl (C=O) groups is 2. The molecule has 1 atom stereocenters. The highest BCUT2D eigenvalue weighted by Gasteiger charge is 2.81. The number of hydrogen-bond donors (Lipinski definition) is 0. The van der Waals surface area contributed by atoms with E-state index in [1.54, 1.807) is 6.92 Å². The third-order valence-electron chi connectivity index (χ3n) is 5.43. The van der Waals surface area contributed by atoms with Gasteiger partial charge in [-0.1, -0.05) is 44.0 Å². The molecular weight excluding hydrogens is 455 g/mol. The van der Waals surface area contributed by atoms with Gasteiger partial charge >= 0.3 is 23.9 Å². The van der Waals surface area contributed by atoms with E-state index in [0.717, 1.165) is 6.92 Å². The molecule has 1 aliphatic rings. The lowest BCUT2D eigenvalue weighted by molar-refractivity contribution is -0.397. The molecule has 0 fully saturated rings. The van der Waals surface area contributed by atoms with Gasteiger partial charge in [0.15, 0.2) is 11.6 Å². The minimum absolute atomic E-state index is 0.0475. The number of benzene rings is 1. The number of Topliss-reactive ketones (excluding diaryl/α,β-unsaturated/α-hetero) is 2. The summed E-state index contributed by atoms with van der Waals surface area (Å²) in [6.45, 7) is 2.69. The predicted molar refractivity (Wildman–Crippen MR) is 96.3 cm³/mol. The van der Waals surface area contributed by atoms with Crippen LogP contribution in [0.4, 0.5) is 39.5 Å². The van der Waals surface area contributed by atoms with E-state index in [2.05, 4.69) is 0 Å². The van der Waals surface area contributed by atoms with E-state index >= 15 is 0 Å². The van der Waals surface area contributed by atoms with Crippen LogP contribution in [0.3, 0.4) is 0 Å². The van der Waals surface area contributed by atoms with Crippen molar-refractivity contribution in [2.75, 3.05) is 0 Å². The first-order valence-corrected chi connectivity index (χ1v) is 9.60. The number of rotatable bonds is 8. The molecule has 1 aromatic carbocycles. The van der Waals surface area contributed by atoms with Gasteiger partial charge in [0.2, 0.25) is 0 Å². The average Bonchev–Trinajstić information content (AvgIpc) is 2.69. The molecule has 1 aromatic rings. The van der Waals surface area contributed by atoms with Gasteiger partial charge in [-0.3, -0.25) is 9.59 Å². The average molecular weight is 474 g/mol. The number of ketones is 2. The molecule has 32 heavy (non-hydrogen) atoms. The van der Waals surface area contributed by atoms with Crippen molar-refractivity contribution in [2.45, 2.75) is 63.5 Å². The molecule has 11 heteroatoms. The van der Waals surface area contributed by atoms with E-state index in [1.807, 2.05) is 0 Å². The van der Waals surface area contributed by atoms with Crippen molar-refractivity contribution in [3.63, 3.8) is 0 Å². The topological polar surface area (TPSA) is 34.1 Å². The Morgan fingerprint density at radius 1 is 0.812 bits per heavy atom. The van der Waals surface area contributed by atoms with Crippen molar-refractivity contribution < 1.29 is 49.1 Å². The van der Waals surface area contributed by atoms with Crippen LogP contribution in [-0.2, 0) is 0 Å². The van der Waals surface area contributed by atoms with Crippen LogP contribution < -0.4 is 0 Å². The maximum absolute atomic E-state index is 14.4. The molecule has 0 aromatic heterocycles. The summed E-state index contributed by atoms with van der Waals surface area (Å²) in [5.41, 5.74) is -1.14. The van der Waals surface area contributed by atoms with E-state index in [9.17, 15) is 49.1 Å². The maximum atomic E-state index is 14.4. The zero-order valence-corrected chi connectivity index (χ0v) is 16.9. The molecule has 0 saturated carbocycles. The summed E-state index contributed by atoms with van der Waals surface area (Å²) in [6, 6.07) is 5.31. The summed E-state index contributed by atoms with van der Waals surface area (Å²) in [6.07, 6.45) is -9.10. The number of fused-ring (bicyclic) bond motifs is 1. The van der Waals surface area contributed by atoms with Gasteiger partial charge in [-0.05, 0) is 19.3 Å². The van der Waals surface area contributed by atoms with Crippen LogP contribution in [0.25, 0.3) is 0 Å². The van der Waals surface area contributed by atoms with E-state index in [-0.39, 0.29) is 23.1 Å². The summed E-state index contributed by atoms with van der Waals surface area (Å²) in [4.78, 5) is 25.5. The molecule has 0 amide bonds. The van der Waals surface area contributed by atoms with Crippen molar-refractivity contribution >= 4 is 11.6 Å². The molecule has 2 nitrogen and oxygen atoms in total. The van der Waals surface area contributed by atoms with E-state index < -0.39 is 59.8 Å². The van der Waals surface area contributed by atoms with Crippen molar-refractivity contribution in [1.29, 1.82) is 0 Å². The SMILES string of the molecule is CCCCC(CC(F)(F)C(F)(F)C(F)(F)C(F)(F)F)C1=C(C)C(=O)c2ccccc2C1=O. The van der Waals surface area contributed by atoms with Gasteiger partial charge in [0.25, 0.3) is 0 Å². The maximum Gasteiger partial charge on any atom is 0.460 e. The van der Waals surface area contributed by atoms with Crippen LogP contribution >= 0.6 is 0 Å². The number of alkyl halides is 9. The number of carbonyl (C=O) groups excluding carboxylic acids is 2. The van der Waals surface area contributed by atoms with Gasteiger partial charge in [-0.15, -0.1) is 0 Å². The highest BCUT2D eigenvalue weighted by molar-refractivity contribution is 6.26. The Hall–Kier alpha value is -2.33. The molecule has 1 unspecified atom stereocenters. The van der Waals surface area contributed by atoms with Crippen LogP contribution in [0.1, 0.15) is 60.2 Å². The molecule has 0 saturated heterocycles. The molecule has 0 radical (unpaired) electrons. The van der Waals surface area contributed by atoms with Crippen molar-refractivity contribution in [3.8, 4) is 0 Å². The molecule has 0 heterocycles. The first-order chi connectivity index (χ1) is 14.5. The Balaban J connectivity index is 2.55. The lowest BCUT2D eigenvalue weighted by Crippen LogP contribution is -2.61. The number of hydrogen-bond acceptors (Lipinski definition) is 2. The summed E-state index contributed by atoms with van der Waals surface area (Å²) in [7, 11) is 0. The second-order valence-electron chi connectivity index (χ2n) is 7.64. The summed E-state index contributed by atoms with van der Waals surface area (Å²) in [5, 5.41) is 0. The number of allylic oxidation sites excluding steroid dienone is 2. The number of halogens is 9. The Morgan fingerprint density at radius 2 is 1.31 bits per heavy atom. The normalized spacial score (nSPS) is 17.0. The van der Waals surface area contributed by atoms with Crippen LogP contribution in [0.2, 0.25) is 0 Å². The Bertz CT molecular complexity index is 929. The number of unbranched alkanes of at least 4 members (excludes halogenated alkanes) is 1. The van der Waals surface area contributed by atoms with E-state index in [4.69, 9.17) is 0 Å². The Labute approximate surface area is 177 Å². The minimum Gasteiger partial charge on any atom is -0.289 e. The zero-order valence-electron chi connectivity index (χ0n) is 16.9. The fourth-order valence-corrected chi connectivity index (χ4v) is 3.65. The van der Waals surface area contributed by atoms with Crippen LogP contribution in [0.5, 0.6) is 0 Å². The Morgan fingerprint density at radius 3 is 1.78 bits per heavy atom. The van der Waals surface area contributed by atoms with Crippen LogP contribution in [0, 0.1) is 5.92 Å². The van der Waals surface area contributed by atoms with Gasteiger partial charge in [0.05, 0.1) is 0 Å². The van der Waals surface area contributed by atoms with Gasteiger partial charge < -0.3 is 0 Å². The van der Waals surface area contributed by atoms with Gasteiger partial charge in [-0.25, -0.2) is 0 Å². The first-order valence-electron chi connectivity index (χ1n) is 9.60. The first kappa shape index (κ1) is 25.9.